The van der Waals surface area contributed by atoms with Crippen molar-refractivity contribution in [3.63, 3.8) is 0 Å². The number of carbonyl (C=O) groups is 1. The maximum atomic E-state index is 12.4. The summed E-state index contributed by atoms with van der Waals surface area (Å²) in [5, 5.41) is 3.08. The highest BCUT2D eigenvalue weighted by Gasteiger charge is 2.34. The van der Waals surface area contributed by atoms with Crippen LogP contribution in [0.5, 0.6) is 5.75 Å². The first-order valence-electron chi connectivity index (χ1n) is 9.20. The molecule has 3 rings (SSSR count). The molecule has 4 nitrogen and oxygen atoms in total. The average molecular weight is 353 g/mol. The van der Waals surface area contributed by atoms with Crippen LogP contribution < -0.4 is 10.1 Å². The molecule has 2 aromatic carbocycles. The predicted octanol–water partition coefficient (Wildman–Crippen LogP) is 3.55. The molecule has 2 aromatic rings. The van der Waals surface area contributed by atoms with Crippen molar-refractivity contribution in [3.05, 3.63) is 65.2 Å². The minimum atomic E-state index is -0.0901. The van der Waals surface area contributed by atoms with Gasteiger partial charge in [-0.3, -0.25) is 4.79 Å². The molecule has 1 saturated heterocycles. The fourth-order valence-corrected chi connectivity index (χ4v) is 3.46. The Kier molecular flexibility index (Phi) is 5.94. The van der Waals surface area contributed by atoms with E-state index in [1.165, 1.54) is 5.56 Å². The minimum Gasteiger partial charge on any atom is -0.483 e. The van der Waals surface area contributed by atoms with Crippen LogP contribution in [0.25, 0.3) is 0 Å². The van der Waals surface area contributed by atoms with E-state index in [4.69, 9.17) is 9.47 Å². The molecule has 0 aliphatic carbocycles. The highest BCUT2D eigenvalue weighted by Crippen LogP contribution is 2.34. The Balaban J connectivity index is 1.60. The molecule has 1 aliphatic heterocycles. The molecule has 1 N–H and O–H groups in total. The SMILES string of the molecule is Cc1cccc(OCC(=O)NCC2(c3ccccc3)CCOCC2)c1C. The third kappa shape index (κ3) is 4.25. The fraction of sp³-hybridized carbons (Fsp3) is 0.409. The molecule has 0 bridgehead atoms. The number of aryl methyl sites for hydroxylation is 1. The van der Waals surface area contributed by atoms with E-state index in [9.17, 15) is 4.79 Å². The zero-order chi connectivity index (χ0) is 18.4. The molecule has 0 unspecified atom stereocenters. The first kappa shape index (κ1) is 18.5. The lowest BCUT2D eigenvalue weighted by atomic mass is 9.74. The van der Waals surface area contributed by atoms with Gasteiger partial charge in [0.15, 0.2) is 6.61 Å². The van der Waals surface area contributed by atoms with Crippen molar-refractivity contribution in [2.45, 2.75) is 32.1 Å². The van der Waals surface area contributed by atoms with E-state index in [2.05, 4.69) is 29.6 Å². The van der Waals surface area contributed by atoms with Crippen LogP contribution in [0.2, 0.25) is 0 Å². The van der Waals surface area contributed by atoms with Gasteiger partial charge >= 0.3 is 0 Å². The average Bonchev–Trinajstić information content (AvgIpc) is 2.69. The van der Waals surface area contributed by atoms with Gasteiger partial charge in [0.05, 0.1) is 0 Å². The molecule has 1 heterocycles. The largest absolute Gasteiger partial charge is 0.483 e. The summed E-state index contributed by atoms with van der Waals surface area (Å²) in [6.07, 6.45) is 1.82. The van der Waals surface area contributed by atoms with Gasteiger partial charge in [0.2, 0.25) is 0 Å². The summed E-state index contributed by atoms with van der Waals surface area (Å²) in [7, 11) is 0. The van der Waals surface area contributed by atoms with E-state index in [0.29, 0.717) is 6.54 Å². The van der Waals surface area contributed by atoms with E-state index in [-0.39, 0.29) is 17.9 Å². The Morgan fingerprint density at radius 1 is 1.08 bits per heavy atom. The van der Waals surface area contributed by atoms with Gasteiger partial charge in [-0.1, -0.05) is 42.5 Å². The van der Waals surface area contributed by atoms with Gasteiger partial charge in [-0.25, -0.2) is 0 Å². The Morgan fingerprint density at radius 3 is 2.54 bits per heavy atom. The van der Waals surface area contributed by atoms with Crippen LogP contribution in [-0.2, 0) is 14.9 Å². The second-order valence-corrected chi connectivity index (χ2v) is 7.02. The van der Waals surface area contributed by atoms with Gasteiger partial charge in [-0.2, -0.15) is 0 Å². The number of benzene rings is 2. The molecule has 1 fully saturated rings. The van der Waals surface area contributed by atoms with Gasteiger partial charge < -0.3 is 14.8 Å². The van der Waals surface area contributed by atoms with Crippen LogP contribution in [0.15, 0.2) is 48.5 Å². The lowest BCUT2D eigenvalue weighted by Gasteiger charge is -2.38. The van der Waals surface area contributed by atoms with Crippen molar-refractivity contribution in [2.75, 3.05) is 26.4 Å². The summed E-state index contributed by atoms with van der Waals surface area (Å²) in [5.41, 5.74) is 3.44. The number of rotatable bonds is 6. The molecule has 1 aliphatic rings. The van der Waals surface area contributed by atoms with Gasteiger partial charge in [0.25, 0.3) is 5.91 Å². The van der Waals surface area contributed by atoms with Crippen LogP contribution in [0.1, 0.15) is 29.5 Å². The number of hydrogen-bond donors (Lipinski definition) is 1. The smallest absolute Gasteiger partial charge is 0.257 e. The molecular weight excluding hydrogens is 326 g/mol. The second kappa shape index (κ2) is 8.37. The van der Waals surface area contributed by atoms with Crippen LogP contribution >= 0.6 is 0 Å². The maximum absolute atomic E-state index is 12.4. The predicted molar refractivity (Wildman–Crippen MR) is 103 cm³/mol. The van der Waals surface area contributed by atoms with Crippen LogP contribution in [0.4, 0.5) is 0 Å². The zero-order valence-corrected chi connectivity index (χ0v) is 15.6. The summed E-state index contributed by atoms with van der Waals surface area (Å²) in [6, 6.07) is 16.3. The van der Waals surface area contributed by atoms with Crippen molar-refractivity contribution in [1.29, 1.82) is 0 Å². The van der Waals surface area contributed by atoms with Crippen molar-refractivity contribution in [2.24, 2.45) is 0 Å². The molecule has 0 saturated carbocycles. The third-order valence-corrected chi connectivity index (χ3v) is 5.37. The topological polar surface area (TPSA) is 47.6 Å². The Labute approximate surface area is 155 Å². The summed E-state index contributed by atoms with van der Waals surface area (Å²) in [6.45, 7) is 6.14. The van der Waals surface area contributed by atoms with E-state index < -0.39 is 0 Å². The number of amides is 1. The molecule has 0 spiro atoms. The maximum Gasteiger partial charge on any atom is 0.257 e. The van der Waals surface area contributed by atoms with E-state index >= 15 is 0 Å². The first-order valence-corrected chi connectivity index (χ1v) is 9.20. The lowest BCUT2D eigenvalue weighted by molar-refractivity contribution is -0.123. The highest BCUT2D eigenvalue weighted by molar-refractivity contribution is 5.77. The summed E-state index contributed by atoms with van der Waals surface area (Å²) < 4.78 is 11.3. The summed E-state index contributed by atoms with van der Waals surface area (Å²) in [4.78, 5) is 12.4. The van der Waals surface area contributed by atoms with Gasteiger partial charge in [-0.15, -0.1) is 0 Å². The fourth-order valence-electron chi connectivity index (χ4n) is 3.46. The quantitative estimate of drug-likeness (QED) is 0.864. The van der Waals surface area contributed by atoms with E-state index in [0.717, 1.165) is 42.9 Å². The van der Waals surface area contributed by atoms with Gasteiger partial charge in [0.1, 0.15) is 5.75 Å². The van der Waals surface area contributed by atoms with Crippen LogP contribution in [0.3, 0.4) is 0 Å². The van der Waals surface area contributed by atoms with Crippen molar-refractivity contribution in [1.82, 2.24) is 5.32 Å². The van der Waals surface area contributed by atoms with Crippen LogP contribution in [-0.4, -0.2) is 32.3 Å². The highest BCUT2D eigenvalue weighted by atomic mass is 16.5. The van der Waals surface area contributed by atoms with Crippen LogP contribution in [0, 0.1) is 13.8 Å². The molecule has 138 valence electrons. The first-order chi connectivity index (χ1) is 12.6. The molecule has 0 radical (unpaired) electrons. The van der Waals surface area contributed by atoms with Gasteiger partial charge in [-0.05, 0) is 49.4 Å². The normalized spacial score (nSPS) is 16.1. The molecule has 26 heavy (non-hydrogen) atoms. The van der Waals surface area contributed by atoms with E-state index in [1.807, 2.05) is 38.1 Å². The van der Waals surface area contributed by atoms with Crippen molar-refractivity contribution < 1.29 is 14.3 Å². The molecule has 1 amide bonds. The number of ether oxygens (including phenoxy) is 2. The van der Waals surface area contributed by atoms with Gasteiger partial charge in [0, 0.05) is 25.2 Å². The Hall–Kier alpha value is -2.33. The third-order valence-electron chi connectivity index (χ3n) is 5.37. The zero-order valence-electron chi connectivity index (χ0n) is 15.6. The monoisotopic (exact) mass is 353 g/mol. The number of hydrogen-bond acceptors (Lipinski definition) is 3. The minimum absolute atomic E-state index is 0.0334. The summed E-state index contributed by atoms with van der Waals surface area (Å²) >= 11 is 0. The lowest BCUT2D eigenvalue weighted by Crippen LogP contribution is -2.45. The Morgan fingerprint density at radius 2 is 1.81 bits per heavy atom. The molecule has 0 aromatic heterocycles. The Bertz CT molecular complexity index is 736. The number of nitrogens with one attached hydrogen (secondary N) is 1. The van der Waals surface area contributed by atoms with E-state index in [1.54, 1.807) is 0 Å². The van der Waals surface area contributed by atoms with Crippen molar-refractivity contribution >= 4 is 5.91 Å². The second-order valence-electron chi connectivity index (χ2n) is 7.02. The molecule has 0 atom stereocenters. The molecular formula is C22H27NO3. The summed E-state index contributed by atoms with van der Waals surface area (Å²) in [5.74, 6) is 0.677. The number of carbonyl (C=O) groups excluding carboxylic acids is 1. The molecule has 4 heteroatoms. The standard InChI is InChI=1S/C22H27NO3/c1-17-7-6-10-20(18(17)2)26-15-21(24)23-16-22(11-13-25-14-12-22)19-8-4-3-5-9-19/h3-10H,11-16H2,1-2H3,(H,23,24). The van der Waals surface area contributed by atoms with Crippen molar-refractivity contribution in [3.8, 4) is 5.75 Å².